The second-order valence-electron chi connectivity index (χ2n) is 7.10. The van der Waals surface area contributed by atoms with Gasteiger partial charge in [-0.2, -0.15) is 0 Å². The van der Waals surface area contributed by atoms with E-state index in [1.54, 1.807) is 0 Å². The molecule has 1 spiro atoms. The molecule has 0 amide bonds. The van der Waals surface area contributed by atoms with E-state index in [-0.39, 0.29) is 5.60 Å². The summed E-state index contributed by atoms with van der Waals surface area (Å²) in [6.45, 7) is 8.28. The van der Waals surface area contributed by atoms with Crippen molar-refractivity contribution < 1.29 is 9.47 Å². The largest absolute Gasteiger partial charge is 0.378 e. The van der Waals surface area contributed by atoms with Gasteiger partial charge in [-0.3, -0.25) is 4.90 Å². The summed E-state index contributed by atoms with van der Waals surface area (Å²) in [4.78, 5) is 2.60. The average molecular weight is 296 g/mol. The first-order valence-electron chi connectivity index (χ1n) is 9.02. The fraction of sp³-hybridized carbons (Fsp3) is 1.00. The summed E-state index contributed by atoms with van der Waals surface area (Å²) in [6, 6.07) is 0.522. The normalized spacial score (nSPS) is 33.0. The summed E-state index contributed by atoms with van der Waals surface area (Å²) in [6.07, 6.45) is 9.54. The van der Waals surface area contributed by atoms with Gasteiger partial charge in [-0.05, 0) is 38.6 Å². The second kappa shape index (κ2) is 7.40. The van der Waals surface area contributed by atoms with E-state index in [4.69, 9.17) is 9.47 Å². The van der Waals surface area contributed by atoms with Crippen molar-refractivity contribution >= 4 is 0 Å². The Hall–Kier alpha value is -0.160. The van der Waals surface area contributed by atoms with Gasteiger partial charge < -0.3 is 14.8 Å². The maximum absolute atomic E-state index is 6.48. The third-order valence-electron chi connectivity index (χ3n) is 5.45. The zero-order valence-corrected chi connectivity index (χ0v) is 13.6. The quantitative estimate of drug-likeness (QED) is 0.762. The molecule has 3 aliphatic rings. The fourth-order valence-corrected chi connectivity index (χ4v) is 4.24. The lowest BCUT2D eigenvalue weighted by Crippen LogP contribution is -2.52. The van der Waals surface area contributed by atoms with E-state index < -0.39 is 0 Å². The van der Waals surface area contributed by atoms with Gasteiger partial charge in [0.1, 0.15) is 0 Å². The summed E-state index contributed by atoms with van der Waals surface area (Å²) in [7, 11) is 0. The summed E-state index contributed by atoms with van der Waals surface area (Å²) < 4.78 is 12.2. The van der Waals surface area contributed by atoms with Crippen molar-refractivity contribution in [3.63, 3.8) is 0 Å². The van der Waals surface area contributed by atoms with Crippen LogP contribution in [0, 0.1) is 0 Å². The fourth-order valence-electron chi connectivity index (χ4n) is 4.24. The highest BCUT2D eigenvalue weighted by Gasteiger charge is 2.42. The Morgan fingerprint density at radius 3 is 2.90 bits per heavy atom. The maximum atomic E-state index is 6.48. The molecule has 1 saturated carbocycles. The molecule has 0 radical (unpaired) electrons. The summed E-state index contributed by atoms with van der Waals surface area (Å²) in [5.41, 5.74) is 0.271. The van der Waals surface area contributed by atoms with Crippen molar-refractivity contribution in [1.82, 2.24) is 10.2 Å². The molecule has 3 rings (SSSR count). The Balaban J connectivity index is 1.48. The first-order valence-corrected chi connectivity index (χ1v) is 9.02. The van der Waals surface area contributed by atoms with Crippen LogP contribution in [-0.2, 0) is 9.47 Å². The van der Waals surface area contributed by atoms with E-state index in [9.17, 15) is 0 Å². The van der Waals surface area contributed by atoms with Crippen LogP contribution in [0.2, 0.25) is 0 Å². The Morgan fingerprint density at radius 1 is 1.24 bits per heavy atom. The maximum Gasteiger partial charge on any atom is 0.0710 e. The van der Waals surface area contributed by atoms with Crippen LogP contribution in [-0.4, -0.2) is 62.0 Å². The van der Waals surface area contributed by atoms with Gasteiger partial charge >= 0.3 is 0 Å². The van der Waals surface area contributed by atoms with Gasteiger partial charge in [-0.15, -0.1) is 0 Å². The molecule has 1 N–H and O–H groups in total. The molecule has 3 fully saturated rings. The van der Waals surface area contributed by atoms with Crippen molar-refractivity contribution in [3.05, 3.63) is 0 Å². The number of nitrogens with one attached hydrogen (secondary N) is 1. The molecule has 1 aliphatic carbocycles. The minimum atomic E-state index is 0.271. The van der Waals surface area contributed by atoms with E-state index >= 15 is 0 Å². The summed E-state index contributed by atoms with van der Waals surface area (Å²) in [5.74, 6) is 0. The Kier molecular flexibility index (Phi) is 5.54. The number of rotatable bonds is 6. The van der Waals surface area contributed by atoms with Crippen molar-refractivity contribution in [2.24, 2.45) is 0 Å². The van der Waals surface area contributed by atoms with Crippen LogP contribution in [0.25, 0.3) is 0 Å². The number of morpholine rings is 1. The van der Waals surface area contributed by atoms with Gasteiger partial charge in [0.15, 0.2) is 0 Å². The topological polar surface area (TPSA) is 33.7 Å². The van der Waals surface area contributed by atoms with Gasteiger partial charge in [-0.1, -0.05) is 19.8 Å². The lowest BCUT2D eigenvalue weighted by Gasteiger charge is -2.37. The average Bonchev–Trinajstić information content (AvgIpc) is 3.12. The van der Waals surface area contributed by atoms with Gasteiger partial charge in [0.2, 0.25) is 0 Å². The zero-order chi connectivity index (χ0) is 14.5. The van der Waals surface area contributed by atoms with E-state index in [2.05, 4.69) is 17.1 Å². The number of hydrogen-bond donors (Lipinski definition) is 1. The number of nitrogens with zero attached hydrogens (tertiary/aromatic N) is 1. The van der Waals surface area contributed by atoms with Crippen molar-refractivity contribution in [3.8, 4) is 0 Å². The summed E-state index contributed by atoms with van der Waals surface area (Å²) in [5, 5.41) is 3.55. The smallest absolute Gasteiger partial charge is 0.0710 e. The van der Waals surface area contributed by atoms with Gasteiger partial charge in [0, 0.05) is 25.7 Å². The highest BCUT2D eigenvalue weighted by Crippen LogP contribution is 2.43. The molecule has 122 valence electrons. The van der Waals surface area contributed by atoms with Gasteiger partial charge in [0.05, 0.1) is 24.9 Å². The highest BCUT2D eigenvalue weighted by molar-refractivity contribution is 4.94. The zero-order valence-electron chi connectivity index (χ0n) is 13.6. The SMILES string of the molecule is CCCNCC1COCCN1CC1CCC2(CCCC2)O1. The van der Waals surface area contributed by atoms with Crippen LogP contribution in [0.5, 0.6) is 0 Å². The molecule has 4 nitrogen and oxygen atoms in total. The van der Waals surface area contributed by atoms with Crippen LogP contribution in [0.3, 0.4) is 0 Å². The standard InChI is InChI=1S/C17H32N2O2/c1-2-9-18-12-15-14-20-11-10-19(15)13-16-5-8-17(21-16)6-3-4-7-17/h15-16,18H,2-14H2,1H3. The Morgan fingerprint density at radius 2 is 2.10 bits per heavy atom. The van der Waals surface area contributed by atoms with Crippen LogP contribution in [0.1, 0.15) is 51.9 Å². The number of hydrogen-bond acceptors (Lipinski definition) is 4. The van der Waals surface area contributed by atoms with Crippen LogP contribution >= 0.6 is 0 Å². The second-order valence-corrected chi connectivity index (χ2v) is 7.10. The molecule has 2 atom stereocenters. The third-order valence-corrected chi connectivity index (χ3v) is 5.45. The monoisotopic (exact) mass is 296 g/mol. The minimum Gasteiger partial charge on any atom is -0.378 e. The van der Waals surface area contributed by atoms with E-state index in [0.29, 0.717) is 12.1 Å². The van der Waals surface area contributed by atoms with Gasteiger partial charge in [0.25, 0.3) is 0 Å². The predicted molar refractivity (Wildman–Crippen MR) is 84.6 cm³/mol. The Labute approximate surface area is 129 Å². The van der Waals surface area contributed by atoms with E-state index in [0.717, 1.165) is 39.4 Å². The molecule has 0 aromatic heterocycles. The lowest BCUT2D eigenvalue weighted by molar-refractivity contribution is -0.0710. The molecule has 2 heterocycles. The van der Waals surface area contributed by atoms with Crippen molar-refractivity contribution in [1.29, 1.82) is 0 Å². The molecular weight excluding hydrogens is 264 g/mol. The van der Waals surface area contributed by atoms with Crippen molar-refractivity contribution in [2.45, 2.75) is 69.6 Å². The van der Waals surface area contributed by atoms with Crippen LogP contribution in [0.4, 0.5) is 0 Å². The van der Waals surface area contributed by atoms with Gasteiger partial charge in [-0.25, -0.2) is 0 Å². The predicted octanol–water partition coefficient (Wildman–Crippen LogP) is 2.18. The molecule has 21 heavy (non-hydrogen) atoms. The highest BCUT2D eigenvalue weighted by atomic mass is 16.5. The van der Waals surface area contributed by atoms with E-state index in [1.165, 1.54) is 44.9 Å². The van der Waals surface area contributed by atoms with Crippen LogP contribution < -0.4 is 5.32 Å². The summed E-state index contributed by atoms with van der Waals surface area (Å²) >= 11 is 0. The Bertz CT molecular complexity index is 318. The van der Waals surface area contributed by atoms with Crippen LogP contribution in [0.15, 0.2) is 0 Å². The lowest BCUT2D eigenvalue weighted by atomic mass is 9.98. The molecule has 0 aromatic carbocycles. The number of ether oxygens (including phenoxy) is 2. The van der Waals surface area contributed by atoms with E-state index in [1.807, 2.05) is 0 Å². The molecule has 0 aromatic rings. The molecule has 2 aliphatic heterocycles. The molecular formula is C17H32N2O2. The first-order chi connectivity index (χ1) is 10.3. The first kappa shape index (κ1) is 15.7. The molecule has 4 heteroatoms. The minimum absolute atomic E-state index is 0.271. The van der Waals surface area contributed by atoms with Crippen molar-refractivity contribution in [2.75, 3.05) is 39.4 Å². The molecule has 0 bridgehead atoms. The molecule has 2 unspecified atom stereocenters. The third kappa shape index (κ3) is 3.98. The molecule has 2 saturated heterocycles.